The number of anilines is 3. The summed E-state index contributed by atoms with van der Waals surface area (Å²) in [5.41, 5.74) is 20.6. The monoisotopic (exact) mass is 674 g/mol. The molecule has 0 N–H and O–H groups in total. The zero-order valence-corrected chi connectivity index (χ0v) is 29.3. The Labute approximate surface area is 310 Å². The van der Waals surface area contributed by atoms with Crippen LogP contribution in [0.15, 0.2) is 176 Å². The summed E-state index contributed by atoms with van der Waals surface area (Å²) in [5.74, 6) is 0.632. The van der Waals surface area contributed by atoms with Gasteiger partial charge in [0.15, 0.2) is 0 Å². The first-order chi connectivity index (χ1) is 26.2. The first kappa shape index (κ1) is 30.0. The molecule has 2 heteroatoms. The fourth-order valence-corrected chi connectivity index (χ4v) is 10.1. The van der Waals surface area contributed by atoms with Crippen LogP contribution in [-0.2, 0) is 5.41 Å². The van der Waals surface area contributed by atoms with E-state index in [2.05, 4.69) is 182 Å². The van der Waals surface area contributed by atoms with Gasteiger partial charge in [0.05, 0.1) is 22.7 Å². The van der Waals surface area contributed by atoms with E-state index < -0.39 is 5.41 Å². The summed E-state index contributed by atoms with van der Waals surface area (Å²) in [7, 11) is 0. The van der Waals surface area contributed by atoms with E-state index in [1.807, 2.05) is 12.1 Å². The third-order valence-corrected chi connectivity index (χ3v) is 12.2. The Kier molecular flexibility index (Phi) is 6.31. The lowest BCUT2D eigenvalue weighted by molar-refractivity contribution is 0.647. The molecule has 248 valence electrons. The molecule has 0 fully saturated rings. The molecule has 7 aromatic carbocycles. The first-order valence-corrected chi connectivity index (χ1v) is 18.5. The quantitative estimate of drug-likeness (QED) is 0.186. The van der Waals surface area contributed by atoms with Gasteiger partial charge in [0.1, 0.15) is 0 Å². The minimum Gasteiger partial charge on any atom is -0.310 e. The number of allylic oxidation sites excluding steroid dienone is 4. The number of benzene rings is 7. The van der Waals surface area contributed by atoms with Crippen LogP contribution in [0.25, 0.3) is 39.0 Å². The Hall–Kier alpha value is -6.69. The second-order valence-corrected chi connectivity index (χ2v) is 14.7. The Morgan fingerprint density at radius 2 is 1.11 bits per heavy atom. The molecule has 2 nitrogen and oxygen atoms in total. The molecule has 1 spiro atoms. The average molecular weight is 675 g/mol. The molecule has 0 aliphatic heterocycles. The zero-order valence-electron chi connectivity index (χ0n) is 29.3. The molecule has 0 saturated carbocycles. The summed E-state index contributed by atoms with van der Waals surface area (Å²) in [6, 6.07) is 60.1. The highest BCUT2D eigenvalue weighted by Gasteiger charge is 2.51. The van der Waals surface area contributed by atoms with E-state index >= 15 is 0 Å². The summed E-state index contributed by atoms with van der Waals surface area (Å²) in [5, 5.41) is 9.77. The van der Waals surface area contributed by atoms with Crippen LogP contribution >= 0.6 is 0 Å². The van der Waals surface area contributed by atoms with Gasteiger partial charge in [-0.1, -0.05) is 140 Å². The molecule has 0 bridgehead atoms. The minimum atomic E-state index is -0.394. The summed E-state index contributed by atoms with van der Waals surface area (Å²) < 4.78 is 0. The van der Waals surface area contributed by atoms with Gasteiger partial charge in [-0.2, -0.15) is 5.26 Å². The van der Waals surface area contributed by atoms with Gasteiger partial charge in [0.2, 0.25) is 0 Å². The summed E-state index contributed by atoms with van der Waals surface area (Å²) >= 11 is 0. The highest BCUT2D eigenvalue weighted by atomic mass is 15.1. The van der Waals surface area contributed by atoms with Crippen LogP contribution in [0.3, 0.4) is 0 Å². The van der Waals surface area contributed by atoms with Gasteiger partial charge in [0.25, 0.3) is 0 Å². The van der Waals surface area contributed by atoms with Crippen molar-refractivity contribution in [3.05, 3.63) is 215 Å². The van der Waals surface area contributed by atoms with Gasteiger partial charge in [-0.25, -0.2) is 0 Å². The Morgan fingerprint density at radius 1 is 0.547 bits per heavy atom. The van der Waals surface area contributed by atoms with E-state index in [0.29, 0.717) is 11.5 Å². The standard InChI is InChI=1S/C51H34N2/c1-32-12-10-19-42-49(32)40-17-3-2-13-36(40)41-18-11-23-48(50(41)42)53(34-26-24-33(31-52)25-27-34)35-28-29-47-43(30-35)39-16-6-9-22-46(39)51(47)44-20-7-4-14-37(44)38-15-5-8-21-45(38)51/h2-30,32,49H,1H3. The molecule has 0 saturated heterocycles. The van der Waals surface area contributed by atoms with Crippen molar-refractivity contribution < 1.29 is 0 Å². The molecule has 0 aromatic heterocycles. The van der Waals surface area contributed by atoms with Crippen molar-refractivity contribution in [3.63, 3.8) is 0 Å². The molecule has 0 radical (unpaired) electrons. The number of hydrogen-bond acceptors (Lipinski definition) is 2. The third-order valence-electron chi connectivity index (χ3n) is 12.2. The van der Waals surface area contributed by atoms with E-state index in [9.17, 15) is 5.26 Å². The normalized spacial score (nSPS) is 17.3. The van der Waals surface area contributed by atoms with Gasteiger partial charge in [0, 0.05) is 22.9 Å². The molecular weight excluding hydrogens is 641 g/mol. The fourth-order valence-electron chi connectivity index (χ4n) is 10.1. The van der Waals surface area contributed by atoms with Gasteiger partial charge >= 0.3 is 0 Å². The maximum Gasteiger partial charge on any atom is 0.0991 e. The number of nitriles is 1. The van der Waals surface area contributed by atoms with E-state index in [-0.39, 0.29) is 5.92 Å². The van der Waals surface area contributed by atoms with Crippen molar-refractivity contribution >= 4 is 22.6 Å². The van der Waals surface area contributed by atoms with Crippen molar-refractivity contribution in [2.45, 2.75) is 18.3 Å². The minimum absolute atomic E-state index is 0.266. The summed E-state index contributed by atoms with van der Waals surface area (Å²) in [4.78, 5) is 2.42. The van der Waals surface area contributed by atoms with Gasteiger partial charge in [-0.15, -0.1) is 0 Å². The van der Waals surface area contributed by atoms with Crippen LogP contribution in [0.5, 0.6) is 0 Å². The molecule has 53 heavy (non-hydrogen) atoms. The van der Waals surface area contributed by atoms with Crippen molar-refractivity contribution in [3.8, 4) is 39.4 Å². The lowest BCUT2D eigenvalue weighted by Gasteiger charge is -2.38. The summed E-state index contributed by atoms with van der Waals surface area (Å²) in [6.45, 7) is 2.34. The lowest BCUT2D eigenvalue weighted by atomic mass is 9.68. The smallest absolute Gasteiger partial charge is 0.0991 e. The molecule has 11 rings (SSSR count). The molecule has 4 aliphatic carbocycles. The highest BCUT2D eigenvalue weighted by Crippen LogP contribution is 2.63. The molecule has 7 aromatic rings. The Bertz CT molecular complexity index is 2730. The second kappa shape index (κ2) is 11.2. The van der Waals surface area contributed by atoms with Crippen LogP contribution in [0.1, 0.15) is 51.8 Å². The molecule has 4 aliphatic rings. The molecular formula is C51H34N2. The fraction of sp³-hybridized carbons (Fsp3) is 0.0784. The van der Waals surface area contributed by atoms with Gasteiger partial charge in [-0.05, 0) is 115 Å². The van der Waals surface area contributed by atoms with Crippen LogP contribution in [0.4, 0.5) is 17.1 Å². The topological polar surface area (TPSA) is 27.0 Å². The first-order valence-electron chi connectivity index (χ1n) is 18.5. The number of nitrogens with zero attached hydrogens (tertiary/aromatic N) is 2. The van der Waals surface area contributed by atoms with Crippen LogP contribution in [0, 0.1) is 17.2 Å². The van der Waals surface area contributed by atoms with Crippen molar-refractivity contribution in [2.24, 2.45) is 5.92 Å². The molecule has 2 unspecified atom stereocenters. The zero-order chi connectivity index (χ0) is 35.3. The van der Waals surface area contributed by atoms with Crippen LogP contribution in [-0.4, -0.2) is 0 Å². The predicted molar refractivity (Wildman–Crippen MR) is 217 cm³/mol. The molecule has 0 amide bonds. The van der Waals surface area contributed by atoms with Crippen molar-refractivity contribution in [1.29, 1.82) is 5.26 Å². The highest BCUT2D eigenvalue weighted by molar-refractivity contribution is 6.01. The Morgan fingerprint density at radius 3 is 1.79 bits per heavy atom. The largest absolute Gasteiger partial charge is 0.310 e. The number of hydrogen-bond donors (Lipinski definition) is 0. The van der Waals surface area contributed by atoms with E-state index in [1.165, 1.54) is 72.3 Å². The predicted octanol–water partition coefficient (Wildman–Crippen LogP) is 12.7. The van der Waals surface area contributed by atoms with Crippen LogP contribution < -0.4 is 4.90 Å². The lowest BCUT2D eigenvalue weighted by Crippen LogP contribution is -2.25. The summed E-state index contributed by atoms with van der Waals surface area (Å²) in [6.07, 6.45) is 6.90. The van der Waals surface area contributed by atoms with E-state index in [0.717, 1.165) is 17.1 Å². The van der Waals surface area contributed by atoms with Gasteiger partial charge < -0.3 is 4.90 Å². The van der Waals surface area contributed by atoms with Crippen LogP contribution in [0.2, 0.25) is 0 Å². The number of rotatable bonds is 3. The average Bonchev–Trinajstić information content (AvgIpc) is 3.68. The van der Waals surface area contributed by atoms with E-state index in [1.54, 1.807) is 0 Å². The van der Waals surface area contributed by atoms with Crippen molar-refractivity contribution in [2.75, 3.05) is 4.90 Å². The third kappa shape index (κ3) is 3.97. The van der Waals surface area contributed by atoms with Gasteiger partial charge in [-0.3, -0.25) is 0 Å². The molecule has 2 atom stereocenters. The Balaban J connectivity index is 1.19. The molecule has 0 heterocycles. The van der Waals surface area contributed by atoms with Crippen molar-refractivity contribution in [1.82, 2.24) is 0 Å². The second-order valence-electron chi connectivity index (χ2n) is 14.7. The maximum atomic E-state index is 9.77. The van der Waals surface area contributed by atoms with E-state index in [4.69, 9.17) is 0 Å². The SMILES string of the molecule is CC1C=CC=C2c3c(cccc3N(c3ccc(C#N)cc3)c3ccc4c(c3)-c3ccccc3C43c4ccccc4-c4ccccc43)-c3ccccc3C21. The maximum absolute atomic E-state index is 9.77. The number of fused-ring (bicyclic) bond motifs is 16.